The van der Waals surface area contributed by atoms with E-state index in [9.17, 15) is 13.3 Å². The minimum Gasteiger partial charge on any atom is -0.598 e. The summed E-state index contributed by atoms with van der Waals surface area (Å²) in [6.07, 6.45) is -3.49. The molecule has 1 N–H and O–H groups in total. The maximum absolute atomic E-state index is 15.9. The number of benzene rings is 3. The predicted octanol–water partition coefficient (Wildman–Crippen LogP) is 8.88. The lowest BCUT2D eigenvalue weighted by atomic mass is 9.78. The minimum atomic E-state index is -3.58. The van der Waals surface area contributed by atoms with E-state index in [-0.39, 0.29) is 22.8 Å². The summed E-state index contributed by atoms with van der Waals surface area (Å²) in [5.74, 6) is -1.83. The molecule has 3 rings (SSSR count). The van der Waals surface area contributed by atoms with Crippen LogP contribution in [0.25, 0.3) is 0 Å². The zero-order valence-corrected chi connectivity index (χ0v) is 27.5. The normalized spacial score (nSPS) is 15.2. The van der Waals surface area contributed by atoms with Gasteiger partial charge in [-0.2, -0.15) is 8.78 Å². The fourth-order valence-corrected chi connectivity index (χ4v) is 6.04. The molecule has 230 valence electrons. The molecule has 0 radical (unpaired) electrons. The molecule has 0 saturated carbocycles. The summed E-state index contributed by atoms with van der Waals surface area (Å²) in [7, 11) is -2.40. The summed E-state index contributed by atoms with van der Waals surface area (Å²) in [5.41, 5.74) is -0.325. The summed E-state index contributed by atoms with van der Waals surface area (Å²) in [5, 5.41) is -0.181. The third kappa shape index (κ3) is 8.30. The van der Waals surface area contributed by atoms with Crippen molar-refractivity contribution in [2.45, 2.75) is 89.4 Å². The first kappa shape index (κ1) is 34.0. The molecule has 0 aliphatic carbocycles. The Hall–Kier alpha value is -2.53. The van der Waals surface area contributed by atoms with Crippen molar-refractivity contribution in [2.24, 2.45) is 0 Å². The van der Waals surface area contributed by atoms with Gasteiger partial charge in [0.05, 0.1) is 0 Å². The topological polar surface area (TPSA) is 53.5 Å². The molecule has 0 fully saturated rings. The van der Waals surface area contributed by atoms with E-state index in [0.717, 1.165) is 17.7 Å². The van der Waals surface area contributed by atoms with Gasteiger partial charge in [-0.05, 0) is 79.9 Å². The largest absolute Gasteiger partial charge is 0.598 e. The van der Waals surface area contributed by atoms with Crippen molar-refractivity contribution in [3.8, 4) is 11.5 Å². The molecular weight excluding hydrogens is 583 g/mol. The lowest BCUT2D eigenvalue weighted by molar-refractivity contribution is -0.159. The molecule has 0 saturated heterocycles. The third-order valence-electron chi connectivity index (χ3n) is 7.39. The van der Waals surface area contributed by atoms with Gasteiger partial charge in [0, 0.05) is 30.8 Å². The van der Waals surface area contributed by atoms with Crippen molar-refractivity contribution in [1.82, 2.24) is 4.72 Å². The summed E-state index contributed by atoms with van der Waals surface area (Å²) >= 11 is -1.76. The van der Waals surface area contributed by atoms with Gasteiger partial charge in [0.15, 0.2) is 5.82 Å². The van der Waals surface area contributed by atoms with Crippen molar-refractivity contribution in [3.05, 3.63) is 95.1 Å². The summed E-state index contributed by atoms with van der Waals surface area (Å²) in [6, 6.07) is 16.8. The van der Waals surface area contributed by atoms with Crippen LogP contribution in [0.2, 0.25) is 18.1 Å². The first-order chi connectivity index (χ1) is 19.1. The smallest absolute Gasteiger partial charge is 0.394 e. The second kappa shape index (κ2) is 12.2. The zero-order valence-electron chi connectivity index (χ0n) is 25.7. The molecule has 0 aromatic heterocycles. The maximum Gasteiger partial charge on any atom is 0.394 e. The van der Waals surface area contributed by atoms with E-state index < -0.39 is 53.5 Å². The van der Waals surface area contributed by atoms with Gasteiger partial charge in [-0.25, -0.2) is 8.78 Å². The molecule has 0 aliphatic heterocycles. The standard InChI is InChI=1S/C32H41F4NO3SSi/c1-29(2,3)41(38)37-32(21-22-13-11-10-12-14-22,24-17-25(33)20-26(18-24)39-31(7,35)36)23-15-16-28(27(34)19-23)40-42(8,9)30(4,5)6/h10-20,37H,21H2,1-9H3/t32-,41?/m1/s1. The van der Waals surface area contributed by atoms with E-state index in [1.165, 1.54) is 18.2 Å². The van der Waals surface area contributed by atoms with E-state index in [1.807, 2.05) is 64.2 Å². The van der Waals surface area contributed by atoms with E-state index in [1.54, 1.807) is 26.8 Å². The lowest BCUT2D eigenvalue weighted by Crippen LogP contribution is -2.53. The Labute approximate surface area is 251 Å². The highest BCUT2D eigenvalue weighted by Gasteiger charge is 2.44. The second-order valence-corrected chi connectivity index (χ2v) is 19.8. The number of halogens is 4. The van der Waals surface area contributed by atoms with Crippen LogP contribution in [0, 0.1) is 11.6 Å². The Morgan fingerprint density at radius 2 is 1.45 bits per heavy atom. The summed E-state index contributed by atoms with van der Waals surface area (Å²) in [6.45, 7) is 16.0. The van der Waals surface area contributed by atoms with Crippen LogP contribution in [-0.4, -0.2) is 23.7 Å². The van der Waals surface area contributed by atoms with Crippen LogP contribution >= 0.6 is 0 Å². The van der Waals surface area contributed by atoms with Crippen LogP contribution in [0.15, 0.2) is 66.7 Å². The number of hydrogen-bond acceptors (Lipinski definition) is 4. The minimum absolute atomic E-state index is 0.0739. The van der Waals surface area contributed by atoms with Gasteiger partial charge >= 0.3 is 6.11 Å². The average Bonchev–Trinajstić information content (AvgIpc) is 2.82. The van der Waals surface area contributed by atoms with Crippen LogP contribution in [0.3, 0.4) is 0 Å². The van der Waals surface area contributed by atoms with Gasteiger partial charge < -0.3 is 13.7 Å². The number of rotatable bonds is 10. The summed E-state index contributed by atoms with van der Waals surface area (Å²) in [4.78, 5) is 0. The Kier molecular flexibility index (Phi) is 9.88. The number of ether oxygens (including phenoxy) is 1. The molecule has 2 atom stereocenters. The first-order valence-electron chi connectivity index (χ1n) is 13.7. The van der Waals surface area contributed by atoms with Crippen molar-refractivity contribution < 1.29 is 31.3 Å². The lowest BCUT2D eigenvalue weighted by Gasteiger charge is -2.39. The van der Waals surface area contributed by atoms with Crippen LogP contribution in [0.4, 0.5) is 17.6 Å². The van der Waals surface area contributed by atoms with E-state index in [4.69, 9.17) is 9.16 Å². The molecule has 1 unspecified atom stereocenters. The molecule has 0 heterocycles. The highest BCUT2D eigenvalue weighted by atomic mass is 32.2. The maximum atomic E-state index is 15.9. The number of alkyl halides is 2. The van der Waals surface area contributed by atoms with E-state index in [0.29, 0.717) is 12.5 Å². The van der Waals surface area contributed by atoms with Crippen molar-refractivity contribution in [3.63, 3.8) is 0 Å². The predicted molar refractivity (Wildman–Crippen MR) is 164 cm³/mol. The molecule has 10 heteroatoms. The first-order valence-corrected chi connectivity index (χ1v) is 17.8. The van der Waals surface area contributed by atoms with Crippen LogP contribution < -0.4 is 13.9 Å². The Bertz CT molecular complexity index is 1370. The molecule has 0 spiro atoms. The van der Waals surface area contributed by atoms with Gasteiger partial charge in [-0.1, -0.05) is 57.2 Å². The van der Waals surface area contributed by atoms with E-state index in [2.05, 4.69) is 4.72 Å². The highest BCUT2D eigenvalue weighted by Crippen LogP contribution is 2.42. The number of nitrogens with one attached hydrogen (secondary N) is 1. The van der Waals surface area contributed by atoms with Crippen molar-refractivity contribution in [2.75, 3.05) is 0 Å². The summed E-state index contributed by atoms with van der Waals surface area (Å²) < 4.78 is 85.7. The molecule has 4 nitrogen and oxygen atoms in total. The second-order valence-electron chi connectivity index (χ2n) is 13.1. The van der Waals surface area contributed by atoms with Gasteiger partial charge in [0.1, 0.15) is 27.6 Å². The van der Waals surface area contributed by atoms with Gasteiger partial charge in [0.25, 0.3) is 8.32 Å². The molecule has 42 heavy (non-hydrogen) atoms. The molecular formula is C32H41F4NO3SSi. The SMILES string of the molecule is CC(F)(F)Oc1cc(F)cc([C@](Cc2ccccc2)(N[S+]([O-])C(C)(C)C)c2ccc(O[Si](C)(C)C(C)(C)C)c(F)c2)c1. The molecule has 0 aliphatic rings. The fourth-order valence-electron chi connectivity index (χ4n) is 4.09. The Balaban J connectivity index is 2.32. The molecule has 0 amide bonds. The van der Waals surface area contributed by atoms with Crippen LogP contribution in [-0.2, 0) is 23.3 Å². The Morgan fingerprint density at radius 3 is 1.98 bits per heavy atom. The fraction of sp³-hybridized carbons (Fsp3) is 0.438. The average molecular weight is 624 g/mol. The van der Waals surface area contributed by atoms with Crippen LogP contribution in [0.5, 0.6) is 11.5 Å². The zero-order chi connectivity index (χ0) is 31.7. The third-order valence-corrected chi connectivity index (χ3v) is 13.4. The molecule has 3 aromatic carbocycles. The molecule has 0 bridgehead atoms. The Morgan fingerprint density at radius 1 is 0.833 bits per heavy atom. The van der Waals surface area contributed by atoms with Crippen LogP contribution in [0.1, 0.15) is 65.2 Å². The monoisotopic (exact) mass is 623 g/mol. The van der Waals surface area contributed by atoms with E-state index >= 15 is 8.78 Å². The van der Waals surface area contributed by atoms with Gasteiger partial charge in [-0.15, -0.1) is 4.72 Å². The highest BCUT2D eigenvalue weighted by molar-refractivity contribution is 7.90. The number of hydrogen-bond donors (Lipinski definition) is 1. The van der Waals surface area contributed by atoms with Crippen molar-refractivity contribution >= 4 is 19.7 Å². The molecule has 3 aromatic rings. The van der Waals surface area contributed by atoms with Crippen molar-refractivity contribution in [1.29, 1.82) is 0 Å². The van der Waals surface area contributed by atoms with Gasteiger partial charge in [0.2, 0.25) is 0 Å². The quantitative estimate of drug-likeness (QED) is 0.139. The van der Waals surface area contributed by atoms with Gasteiger partial charge in [-0.3, -0.25) is 0 Å².